The number of benzene rings is 2. The third kappa shape index (κ3) is 4.77. The predicted octanol–water partition coefficient (Wildman–Crippen LogP) is 7.54. The molecule has 27 heavy (non-hydrogen) atoms. The third-order valence-electron chi connectivity index (χ3n) is 5.84. The lowest BCUT2D eigenvalue weighted by Gasteiger charge is -2.33. The fourth-order valence-corrected chi connectivity index (χ4v) is 3.07. The summed E-state index contributed by atoms with van der Waals surface area (Å²) in [5.41, 5.74) is 5.82. The first kappa shape index (κ1) is 21.1. The Morgan fingerprint density at radius 3 is 1.93 bits per heavy atom. The van der Waals surface area contributed by atoms with Crippen molar-refractivity contribution in [2.75, 3.05) is 19.0 Å². The zero-order valence-electron chi connectivity index (χ0n) is 18.3. The first-order valence-electron chi connectivity index (χ1n) is 9.95. The van der Waals surface area contributed by atoms with Gasteiger partial charge in [0.15, 0.2) is 0 Å². The van der Waals surface area contributed by atoms with Crippen LogP contribution in [0.5, 0.6) is 0 Å². The highest BCUT2D eigenvalue weighted by Crippen LogP contribution is 2.44. The zero-order chi connectivity index (χ0) is 20.2. The maximum atomic E-state index is 4.70. The number of hydrogen-bond acceptors (Lipinski definition) is 3. The van der Waals surface area contributed by atoms with Crippen molar-refractivity contribution in [3.63, 3.8) is 0 Å². The summed E-state index contributed by atoms with van der Waals surface area (Å²) in [6.45, 7) is 13.7. The summed E-state index contributed by atoms with van der Waals surface area (Å²) >= 11 is 0. The number of anilines is 1. The molecule has 2 aromatic carbocycles. The van der Waals surface area contributed by atoms with Crippen molar-refractivity contribution in [1.82, 2.24) is 0 Å². The van der Waals surface area contributed by atoms with Gasteiger partial charge in [-0.05, 0) is 53.0 Å². The predicted molar refractivity (Wildman–Crippen MR) is 118 cm³/mol. The Bertz CT molecular complexity index is 787. The van der Waals surface area contributed by atoms with Crippen LogP contribution in [-0.2, 0) is 10.8 Å². The van der Waals surface area contributed by atoms with Crippen LogP contribution >= 0.6 is 0 Å². The van der Waals surface area contributed by atoms with Gasteiger partial charge in [0.2, 0.25) is 0 Å². The summed E-state index contributed by atoms with van der Waals surface area (Å²) in [5, 5.41) is 9.21. The molecule has 2 aromatic rings. The lowest BCUT2D eigenvalue weighted by molar-refractivity contribution is 0.489. The first-order valence-corrected chi connectivity index (χ1v) is 9.95. The molecule has 0 N–H and O–H groups in total. The molecule has 0 heterocycles. The van der Waals surface area contributed by atoms with Crippen LogP contribution in [0, 0.1) is 0 Å². The van der Waals surface area contributed by atoms with E-state index in [0.717, 1.165) is 29.9 Å². The Morgan fingerprint density at radius 1 is 0.815 bits per heavy atom. The van der Waals surface area contributed by atoms with Crippen LogP contribution < -0.4 is 4.90 Å². The Hall–Kier alpha value is -2.16. The topological polar surface area (TPSA) is 28.0 Å². The average molecular weight is 366 g/mol. The Kier molecular flexibility index (Phi) is 6.46. The highest BCUT2D eigenvalue weighted by Gasteiger charge is 2.29. The van der Waals surface area contributed by atoms with Gasteiger partial charge in [0.05, 0.1) is 11.4 Å². The maximum Gasteiger partial charge on any atom is 0.110 e. The van der Waals surface area contributed by atoms with Crippen LogP contribution in [-0.4, -0.2) is 14.1 Å². The standard InChI is InChI=1S/C24H35N3/c1-9-23(3,4)18-16-20(24(5,6)10-2)22(27(7)8)21(17-18)26-25-19-14-12-11-13-15-19/h11-17H,9-10H2,1-8H3. The van der Waals surface area contributed by atoms with Crippen LogP contribution in [0.4, 0.5) is 17.1 Å². The molecule has 0 saturated carbocycles. The second-order valence-corrected chi connectivity index (χ2v) is 8.80. The maximum absolute atomic E-state index is 4.70. The van der Waals surface area contributed by atoms with Gasteiger partial charge in [0.1, 0.15) is 5.69 Å². The SMILES string of the molecule is CCC(C)(C)c1cc(N=Nc2ccccc2)c(N(C)C)c(C(C)(C)CC)c1. The van der Waals surface area contributed by atoms with Gasteiger partial charge in [-0.3, -0.25) is 0 Å². The van der Waals surface area contributed by atoms with Gasteiger partial charge in [-0.25, -0.2) is 0 Å². The molecular weight excluding hydrogens is 330 g/mol. The molecule has 0 bridgehead atoms. The van der Waals surface area contributed by atoms with E-state index in [1.54, 1.807) is 0 Å². The molecule has 0 atom stereocenters. The minimum absolute atomic E-state index is 0.0659. The minimum Gasteiger partial charge on any atom is -0.376 e. The molecule has 0 radical (unpaired) electrons. The van der Waals surface area contributed by atoms with Crippen LogP contribution in [0.1, 0.15) is 65.5 Å². The van der Waals surface area contributed by atoms with Crippen molar-refractivity contribution in [2.24, 2.45) is 10.2 Å². The van der Waals surface area contributed by atoms with Crippen molar-refractivity contribution in [3.05, 3.63) is 53.6 Å². The largest absolute Gasteiger partial charge is 0.376 e. The molecule has 3 nitrogen and oxygen atoms in total. The summed E-state index contributed by atoms with van der Waals surface area (Å²) in [6.07, 6.45) is 2.15. The molecule has 0 saturated heterocycles. The van der Waals surface area contributed by atoms with Crippen molar-refractivity contribution >= 4 is 17.1 Å². The second-order valence-electron chi connectivity index (χ2n) is 8.80. The molecule has 0 unspecified atom stereocenters. The van der Waals surface area contributed by atoms with Crippen molar-refractivity contribution < 1.29 is 0 Å². The Labute approximate surface area is 165 Å². The molecule has 146 valence electrons. The monoisotopic (exact) mass is 365 g/mol. The van der Waals surface area contributed by atoms with Gasteiger partial charge < -0.3 is 4.90 Å². The van der Waals surface area contributed by atoms with Crippen LogP contribution in [0.15, 0.2) is 52.7 Å². The molecular formula is C24H35N3. The van der Waals surface area contributed by atoms with Gasteiger partial charge in [0, 0.05) is 14.1 Å². The summed E-state index contributed by atoms with van der Waals surface area (Å²) in [7, 11) is 4.19. The molecule has 0 aliphatic heterocycles. The van der Waals surface area contributed by atoms with Crippen molar-refractivity contribution in [2.45, 2.75) is 65.2 Å². The summed E-state index contributed by atoms with van der Waals surface area (Å²) in [5.74, 6) is 0. The van der Waals surface area contributed by atoms with E-state index in [0.29, 0.717) is 0 Å². The number of nitrogens with zero attached hydrogens (tertiary/aromatic N) is 3. The smallest absolute Gasteiger partial charge is 0.110 e. The number of rotatable bonds is 7. The van der Waals surface area contributed by atoms with Crippen molar-refractivity contribution in [3.8, 4) is 0 Å². The highest BCUT2D eigenvalue weighted by molar-refractivity contribution is 5.73. The first-order chi connectivity index (χ1) is 12.6. The van der Waals surface area contributed by atoms with Gasteiger partial charge >= 0.3 is 0 Å². The highest BCUT2D eigenvalue weighted by atomic mass is 15.1. The van der Waals surface area contributed by atoms with E-state index in [1.165, 1.54) is 11.1 Å². The summed E-state index contributed by atoms with van der Waals surface area (Å²) < 4.78 is 0. The van der Waals surface area contributed by atoms with E-state index >= 15 is 0 Å². The number of azo groups is 1. The molecule has 0 aliphatic carbocycles. The third-order valence-corrected chi connectivity index (χ3v) is 5.84. The van der Waals surface area contributed by atoms with Crippen molar-refractivity contribution in [1.29, 1.82) is 0 Å². The van der Waals surface area contributed by atoms with E-state index in [9.17, 15) is 0 Å². The van der Waals surface area contributed by atoms with Crippen LogP contribution in [0.3, 0.4) is 0 Å². The average Bonchev–Trinajstić information content (AvgIpc) is 2.66. The van der Waals surface area contributed by atoms with E-state index in [-0.39, 0.29) is 10.8 Å². The molecule has 2 rings (SSSR count). The number of hydrogen-bond donors (Lipinski definition) is 0. The van der Waals surface area contributed by atoms with Gasteiger partial charge in [-0.2, -0.15) is 5.11 Å². The van der Waals surface area contributed by atoms with E-state index in [4.69, 9.17) is 5.11 Å². The molecule has 0 aromatic heterocycles. The van der Waals surface area contributed by atoms with Crippen LogP contribution in [0.2, 0.25) is 0 Å². The molecule has 0 aliphatic rings. The zero-order valence-corrected chi connectivity index (χ0v) is 18.3. The van der Waals surface area contributed by atoms with Crippen LogP contribution in [0.25, 0.3) is 0 Å². The molecule has 0 amide bonds. The summed E-state index contributed by atoms with van der Waals surface area (Å²) in [4.78, 5) is 2.18. The Balaban J connectivity index is 2.73. The van der Waals surface area contributed by atoms with E-state index < -0.39 is 0 Å². The summed E-state index contributed by atoms with van der Waals surface area (Å²) in [6, 6.07) is 14.6. The van der Waals surface area contributed by atoms with Gasteiger partial charge in [-0.1, -0.05) is 65.8 Å². The minimum atomic E-state index is 0.0659. The molecule has 0 fully saturated rings. The lowest BCUT2D eigenvalue weighted by atomic mass is 9.75. The van der Waals surface area contributed by atoms with Gasteiger partial charge in [-0.15, -0.1) is 5.11 Å². The molecule has 3 heteroatoms. The van der Waals surface area contributed by atoms with E-state index in [2.05, 4.69) is 77.8 Å². The fraction of sp³-hybridized carbons (Fsp3) is 0.500. The lowest BCUT2D eigenvalue weighted by Crippen LogP contribution is -2.24. The van der Waals surface area contributed by atoms with E-state index in [1.807, 2.05) is 30.3 Å². The van der Waals surface area contributed by atoms with Gasteiger partial charge in [0.25, 0.3) is 0 Å². The normalized spacial score (nSPS) is 12.6. The Morgan fingerprint density at radius 2 is 1.41 bits per heavy atom. The molecule has 0 spiro atoms. The quantitative estimate of drug-likeness (QED) is 0.466. The fourth-order valence-electron chi connectivity index (χ4n) is 3.07. The second kappa shape index (κ2) is 8.24.